The number of aliphatic hydroxyl groups is 1. The molecule has 0 bridgehead atoms. The van der Waals surface area contributed by atoms with Gasteiger partial charge in [-0.2, -0.15) is 0 Å². The number of hydrogen-bond donors (Lipinski definition) is 2. The van der Waals surface area contributed by atoms with Crippen LogP contribution in [0.4, 0.5) is 0 Å². The van der Waals surface area contributed by atoms with E-state index in [1.807, 2.05) is 13.0 Å². The fourth-order valence-corrected chi connectivity index (χ4v) is 0.993. The lowest BCUT2D eigenvalue weighted by molar-refractivity contribution is -0.157. The summed E-state index contributed by atoms with van der Waals surface area (Å²) in [6, 6.07) is 0. The Hall–Kier alpha value is -0.830. The lowest BCUT2D eigenvalue weighted by Crippen LogP contribution is -2.34. The first-order chi connectivity index (χ1) is 5.90. The number of hydrogen-bond acceptors (Lipinski definition) is 2. The zero-order chi connectivity index (χ0) is 10.5. The third-order valence-corrected chi connectivity index (χ3v) is 2.19. The molecule has 0 radical (unpaired) electrons. The molecule has 0 aliphatic carbocycles. The van der Waals surface area contributed by atoms with Crippen LogP contribution in [0.1, 0.15) is 33.1 Å². The van der Waals surface area contributed by atoms with Crippen molar-refractivity contribution in [1.29, 1.82) is 0 Å². The number of carboxylic acids is 1. The van der Waals surface area contributed by atoms with Gasteiger partial charge in [0.1, 0.15) is 0 Å². The average molecular weight is 186 g/mol. The van der Waals surface area contributed by atoms with Gasteiger partial charge in [-0.3, -0.25) is 0 Å². The molecule has 0 saturated heterocycles. The maximum Gasteiger partial charge on any atom is 0.335 e. The van der Waals surface area contributed by atoms with Crippen molar-refractivity contribution in [3.8, 4) is 0 Å². The molecule has 2 atom stereocenters. The lowest BCUT2D eigenvalue weighted by atomic mass is 9.95. The molecule has 0 amide bonds. The Morgan fingerprint density at radius 1 is 1.69 bits per heavy atom. The standard InChI is InChI=1S/C10H18O3/c1-4-8(2)6-5-7-10(3,13)9(11)12/h4,8,13H,1,5-7H2,2-3H3,(H,11,12). The summed E-state index contributed by atoms with van der Waals surface area (Å²) in [5.74, 6) is -0.775. The zero-order valence-electron chi connectivity index (χ0n) is 8.29. The second-order valence-electron chi connectivity index (χ2n) is 3.68. The minimum absolute atomic E-state index is 0.292. The smallest absolute Gasteiger partial charge is 0.335 e. The van der Waals surface area contributed by atoms with E-state index in [-0.39, 0.29) is 0 Å². The first-order valence-corrected chi connectivity index (χ1v) is 4.48. The number of carboxylic acid groups (broad SMARTS) is 1. The molecule has 0 fully saturated rings. The summed E-state index contributed by atoms with van der Waals surface area (Å²) >= 11 is 0. The van der Waals surface area contributed by atoms with Crippen molar-refractivity contribution in [1.82, 2.24) is 0 Å². The van der Waals surface area contributed by atoms with Gasteiger partial charge in [0.2, 0.25) is 0 Å². The summed E-state index contributed by atoms with van der Waals surface area (Å²) in [4.78, 5) is 10.5. The summed E-state index contributed by atoms with van der Waals surface area (Å²) in [5, 5.41) is 17.9. The molecular weight excluding hydrogens is 168 g/mol. The molecule has 0 saturated carbocycles. The monoisotopic (exact) mass is 186 g/mol. The molecule has 13 heavy (non-hydrogen) atoms. The molecule has 2 unspecified atom stereocenters. The third kappa shape index (κ3) is 4.68. The number of aliphatic carboxylic acids is 1. The van der Waals surface area contributed by atoms with E-state index in [2.05, 4.69) is 6.58 Å². The topological polar surface area (TPSA) is 57.5 Å². The van der Waals surface area contributed by atoms with Gasteiger partial charge < -0.3 is 10.2 Å². The summed E-state index contributed by atoms with van der Waals surface area (Å²) < 4.78 is 0. The van der Waals surface area contributed by atoms with Crippen molar-refractivity contribution >= 4 is 5.97 Å². The first kappa shape index (κ1) is 12.2. The van der Waals surface area contributed by atoms with Gasteiger partial charge in [-0.15, -0.1) is 6.58 Å². The molecule has 0 aromatic rings. The van der Waals surface area contributed by atoms with Crippen molar-refractivity contribution in [2.24, 2.45) is 5.92 Å². The van der Waals surface area contributed by atoms with Gasteiger partial charge in [0.15, 0.2) is 5.60 Å². The van der Waals surface area contributed by atoms with Crippen molar-refractivity contribution in [2.45, 2.75) is 38.7 Å². The van der Waals surface area contributed by atoms with Crippen molar-refractivity contribution < 1.29 is 15.0 Å². The van der Waals surface area contributed by atoms with Crippen LogP contribution in [0.3, 0.4) is 0 Å². The summed E-state index contributed by atoms with van der Waals surface area (Å²) in [6.45, 7) is 6.98. The molecule has 76 valence electrons. The molecule has 0 spiro atoms. The molecule has 0 heterocycles. The molecule has 0 aliphatic rings. The number of carbonyl (C=O) groups is 1. The maximum atomic E-state index is 10.5. The van der Waals surface area contributed by atoms with Crippen LogP contribution in [0.5, 0.6) is 0 Å². The Labute approximate surface area is 79.1 Å². The van der Waals surface area contributed by atoms with Gasteiger partial charge in [0.05, 0.1) is 0 Å². The molecule has 0 aromatic carbocycles. The van der Waals surface area contributed by atoms with E-state index in [0.29, 0.717) is 18.8 Å². The van der Waals surface area contributed by atoms with E-state index >= 15 is 0 Å². The van der Waals surface area contributed by atoms with Gasteiger partial charge in [0, 0.05) is 0 Å². The normalized spacial score (nSPS) is 17.5. The Bertz CT molecular complexity index is 185. The van der Waals surface area contributed by atoms with E-state index in [0.717, 1.165) is 6.42 Å². The van der Waals surface area contributed by atoms with Crippen LogP contribution in [-0.2, 0) is 4.79 Å². The van der Waals surface area contributed by atoms with Crippen molar-refractivity contribution in [3.63, 3.8) is 0 Å². The minimum atomic E-state index is -1.58. The Morgan fingerprint density at radius 2 is 2.23 bits per heavy atom. The van der Waals surface area contributed by atoms with Gasteiger partial charge >= 0.3 is 5.97 Å². The molecule has 0 aliphatic heterocycles. The lowest BCUT2D eigenvalue weighted by Gasteiger charge is -2.17. The van der Waals surface area contributed by atoms with Gasteiger partial charge in [0.25, 0.3) is 0 Å². The first-order valence-electron chi connectivity index (χ1n) is 4.48. The highest BCUT2D eigenvalue weighted by atomic mass is 16.4. The fourth-order valence-electron chi connectivity index (χ4n) is 0.993. The van der Waals surface area contributed by atoms with Crippen molar-refractivity contribution in [3.05, 3.63) is 12.7 Å². The SMILES string of the molecule is C=CC(C)CCCC(C)(O)C(=O)O. The molecule has 0 aromatic heterocycles. The quantitative estimate of drug-likeness (QED) is 0.622. The summed E-state index contributed by atoms with van der Waals surface area (Å²) in [6.07, 6.45) is 3.69. The third-order valence-electron chi connectivity index (χ3n) is 2.19. The van der Waals surface area contributed by atoms with E-state index in [4.69, 9.17) is 5.11 Å². The average Bonchev–Trinajstić information content (AvgIpc) is 2.03. The second kappa shape index (κ2) is 5.02. The van der Waals surface area contributed by atoms with Crippen LogP contribution >= 0.6 is 0 Å². The number of allylic oxidation sites excluding steroid dienone is 1. The fraction of sp³-hybridized carbons (Fsp3) is 0.700. The van der Waals surface area contributed by atoms with E-state index < -0.39 is 11.6 Å². The molecular formula is C10H18O3. The summed E-state index contributed by atoms with van der Waals surface area (Å²) in [7, 11) is 0. The predicted molar refractivity (Wildman–Crippen MR) is 51.5 cm³/mol. The predicted octanol–water partition coefficient (Wildman–Crippen LogP) is 1.81. The molecule has 0 rings (SSSR count). The Balaban J connectivity index is 3.76. The zero-order valence-corrected chi connectivity index (χ0v) is 8.29. The molecule has 3 heteroatoms. The molecule has 3 nitrogen and oxygen atoms in total. The van der Waals surface area contributed by atoms with Crippen LogP contribution < -0.4 is 0 Å². The minimum Gasteiger partial charge on any atom is -0.479 e. The van der Waals surface area contributed by atoms with Crippen molar-refractivity contribution in [2.75, 3.05) is 0 Å². The van der Waals surface area contributed by atoms with Gasteiger partial charge in [-0.25, -0.2) is 4.79 Å². The highest BCUT2D eigenvalue weighted by Gasteiger charge is 2.28. The van der Waals surface area contributed by atoms with E-state index in [1.165, 1.54) is 6.92 Å². The van der Waals surface area contributed by atoms with E-state index in [9.17, 15) is 9.90 Å². The van der Waals surface area contributed by atoms with E-state index in [1.54, 1.807) is 0 Å². The van der Waals surface area contributed by atoms with Crippen LogP contribution in [0.2, 0.25) is 0 Å². The summed E-state index contributed by atoms with van der Waals surface area (Å²) in [5.41, 5.74) is -1.58. The number of rotatable bonds is 6. The Morgan fingerprint density at radius 3 is 2.62 bits per heavy atom. The second-order valence-corrected chi connectivity index (χ2v) is 3.68. The van der Waals surface area contributed by atoms with Gasteiger partial charge in [-0.05, 0) is 32.1 Å². The van der Waals surface area contributed by atoms with Crippen LogP contribution in [0.25, 0.3) is 0 Å². The van der Waals surface area contributed by atoms with Crippen LogP contribution in [0.15, 0.2) is 12.7 Å². The largest absolute Gasteiger partial charge is 0.479 e. The molecule has 2 N–H and O–H groups in total. The maximum absolute atomic E-state index is 10.5. The van der Waals surface area contributed by atoms with Crippen LogP contribution in [0, 0.1) is 5.92 Å². The Kier molecular flexibility index (Phi) is 4.70. The highest BCUT2D eigenvalue weighted by Crippen LogP contribution is 2.16. The van der Waals surface area contributed by atoms with Crippen LogP contribution in [-0.4, -0.2) is 21.8 Å². The van der Waals surface area contributed by atoms with Gasteiger partial charge in [-0.1, -0.05) is 13.0 Å². The highest BCUT2D eigenvalue weighted by molar-refractivity contribution is 5.76.